The smallest absolute Gasteiger partial charge is 0.320 e. The molecule has 37 heavy (non-hydrogen) atoms. The van der Waals surface area contributed by atoms with Crippen LogP contribution >= 0.6 is 23.2 Å². The first kappa shape index (κ1) is 28.2. The molecule has 0 aliphatic carbocycles. The Labute approximate surface area is 225 Å². The van der Waals surface area contributed by atoms with Crippen LogP contribution in [0.5, 0.6) is 5.75 Å². The fourth-order valence-electron chi connectivity index (χ4n) is 3.78. The number of esters is 2. The van der Waals surface area contributed by atoms with Crippen molar-refractivity contribution in [3.63, 3.8) is 0 Å². The first-order chi connectivity index (χ1) is 17.8. The number of ketones is 1. The topological polar surface area (TPSA) is 91.8 Å². The van der Waals surface area contributed by atoms with E-state index in [1.165, 1.54) is 0 Å². The maximum absolute atomic E-state index is 13.2. The summed E-state index contributed by atoms with van der Waals surface area (Å²) in [5.41, 5.74) is 1.71. The average molecular weight is 544 g/mol. The molecule has 0 saturated heterocycles. The maximum atomic E-state index is 13.2. The molecular weight excluding hydrogens is 517 g/mol. The second-order valence-electron chi connectivity index (χ2n) is 8.04. The summed E-state index contributed by atoms with van der Waals surface area (Å²) in [7, 11) is 0. The number of hydrogen-bond acceptors (Lipinski definition) is 7. The largest absolute Gasteiger partial charge is 0.489 e. The van der Waals surface area contributed by atoms with Crippen molar-refractivity contribution in [2.75, 3.05) is 13.2 Å². The average Bonchev–Trinajstić information content (AvgIpc) is 2.89. The number of carbonyl (C=O) groups excluding carboxylic acids is 3. The molecule has 3 rings (SSSR count). The zero-order valence-electron chi connectivity index (χ0n) is 20.5. The summed E-state index contributed by atoms with van der Waals surface area (Å²) in [6, 6.07) is 17.0. The molecule has 9 heteroatoms. The molecule has 3 aromatic rings. The van der Waals surface area contributed by atoms with Crippen LogP contribution in [-0.4, -0.2) is 35.9 Å². The molecule has 0 fully saturated rings. The van der Waals surface area contributed by atoms with Crippen molar-refractivity contribution in [1.29, 1.82) is 0 Å². The fraction of sp³-hybridized carbons (Fsp3) is 0.286. The van der Waals surface area contributed by atoms with Gasteiger partial charge in [0.1, 0.15) is 17.5 Å². The van der Waals surface area contributed by atoms with Gasteiger partial charge in [-0.25, -0.2) is 4.98 Å². The Morgan fingerprint density at radius 3 is 2.08 bits per heavy atom. The van der Waals surface area contributed by atoms with Gasteiger partial charge in [0, 0.05) is 29.7 Å². The molecule has 0 aliphatic rings. The van der Waals surface area contributed by atoms with Crippen molar-refractivity contribution in [3.8, 4) is 5.75 Å². The zero-order valence-corrected chi connectivity index (χ0v) is 22.0. The summed E-state index contributed by atoms with van der Waals surface area (Å²) in [6.45, 7) is 3.71. The maximum Gasteiger partial charge on any atom is 0.320 e. The lowest BCUT2D eigenvalue weighted by Gasteiger charge is -2.24. The summed E-state index contributed by atoms with van der Waals surface area (Å²) < 4.78 is 16.2. The van der Waals surface area contributed by atoms with E-state index in [0.717, 1.165) is 5.56 Å². The molecule has 1 aromatic heterocycles. The van der Waals surface area contributed by atoms with Crippen LogP contribution < -0.4 is 4.74 Å². The number of hydrogen-bond donors (Lipinski definition) is 0. The van der Waals surface area contributed by atoms with E-state index in [9.17, 15) is 14.4 Å². The van der Waals surface area contributed by atoms with Gasteiger partial charge >= 0.3 is 11.9 Å². The number of benzene rings is 2. The quantitative estimate of drug-likeness (QED) is 0.118. The minimum absolute atomic E-state index is 0.0756. The van der Waals surface area contributed by atoms with Gasteiger partial charge in [-0.05, 0) is 49.7 Å². The molecule has 0 amide bonds. The van der Waals surface area contributed by atoms with Crippen LogP contribution in [0.3, 0.4) is 0 Å². The molecule has 0 radical (unpaired) electrons. The van der Waals surface area contributed by atoms with E-state index in [2.05, 4.69) is 4.98 Å². The monoisotopic (exact) mass is 543 g/mol. The van der Waals surface area contributed by atoms with Crippen molar-refractivity contribution in [2.24, 2.45) is 5.92 Å². The van der Waals surface area contributed by atoms with Crippen LogP contribution in [0.15, 0.2) is 66.9 Å². The van der Waals surface area contributed by atoms with Gasteiger partial charge in [0.15, 0.2) is 11.7 Å². The number of ether oxygens (including phenoxy) is 3. The first-order valence-electron chi connectivity index (χ1n) is 11.8. The van der Waals surface area contributed by atoms with E-state index < -0.39 is 23.8 Å². The van der Waals surface area contributed by atoms with E-state index >= 15 is 0 Å². The van der Waals surface area contributed by atoms with Crippen LogP contribution in [0.1, 0.15) is 47.7 Å². The molecule has 1 unspecified atom stereocenters. The highest BCUT2D eigenvalue weighted by atomic mass is 35.5. The number of Topliss-reactive ketones (excluding diaryl/α,β-unsaturated/α-hetero) is 1. The summed E-state index contributed by atoms with van der Waals surface area (Å²) >= 11 is 12.1. The summed E-state index contributed by atoms with van der Waals surface area (Å²) in [4.78, 5) is 43.1. The van der Waals surface area contributed by atoms with Crippen molar-refractivity contribution in [3.05, 3.63) is 93.7 Å². The van der Waals surface area contributed by atoms with Crippen molar-refractivity contribution < 1.29 is 28.6 Å². The lowest BCUT2D eigenvalue weighted by Crippen LogP contribution is -2.34. The van der Waals surface area contributed by atoms with Crippen LogP contribution in [-0.2, 0) is 25.7 Å². The van der Waals surface area contributed by atoms with Gasteiger partial charge in [0.25, 0.3) is 0 Å². The molecule has 7 nitrogen and oxygen atoms in total. The predicted octanol–water partition coefficient (Wildman–Crippen LogP) is 6.07. The first-order valence-corrected chi connectivity index (χ1v) is 12.5. The lowest BCUT2D eigenvalue weighted by atomic mass is 9.81. The highest BCUT2D eigenvalue weighted by molar-refractivity contribution is 6.34. The van der Waals surface area contributed by atoms with E-state index in [1.54, 1.807) is 74.6 Å². The second-order valence-corrected chi connectivity index (χ2v) is 8.84. The summed E-state index contributed by atoms with van der Waals surface area (Å²) in [5.74, 6) is -3.46. The Morgan fingerprint density at radius 2 is 1.51 bits per heavy atom. The molecule has 0 N–H and O–H groups in total. The van der Waals surface area contributed by atoms with E-state index in [0.29, 0.717) is 22.0 Å². The Balaban J connectivity index is 1.90. The fourth-order valence-corrected chi connectivity index (χ4v) is 4.14. The summed E-state index contributed by atoms with van der Waals surface area (Å²) in [5, 5.41) is 0.679. The molecule has 0 bridgehead atoms. The van der Waals surface area contributed by atoms with Crippen molar-refractivity contribution in [1.82, 2.24) is 4.98 Å². The van der Waals surface area contributed by atoms with Crippen LogP contribution in [0, 0.1) is 5.92 Å². The van der Waals surface area contributed by atoms with Gasteiger partial charge in [-0.15, -0.1) is 0 Å². The highest BCUT2D eigenvalue weighted by Gasteiger charge is 2.39. The molecule has 2 aromatic carbocycles. The van der Waals surface area contributed by atoms with Crippen molar-refractivity contribution >= 4 is 40.9 Å². The van der Waals surface area contributed by atoms with Gasteiger partial charge < -0.3 is 14.2 Å². The molecule has 0 saturated carbocycles. The number of aromatic nitrogens is 1. The molecule has 1 heterocycles. The van der Waals surface area contributed by atoms with Gasteiger partial charge in [-0.2, -0.15) is 0 Å². The van der Waals surface area contributed by atoms with Crippen LogP contribution in [0.25, 0.3) is 0 Å². The zero-order chi connectivity index (χ0) is 26.8. The molecule has 0 aliphatic heterocycles. The highest BCUT2D eigenvalue weighted by Crippen LogP contribution is 2.34. The standard InChI is InChI=1S/C28H27Cl2NO6/c1-3-35-27(33)26(28(34)36-4-2)22(15-24(32)21-7-5-6-8-23(21)29)19-10-12-20(13-11-19)37-17-18-9-14-25(30)31-16-18/h5-14,16,22,26H,3-4,15,17H2,1-2H3. The second kappa shape index (κ2) is 13.8. The van der Waals surface area contributed by atoms with Gasteiger partial charge in [-0.3, -0.25) is 14.4 Å². The van der Waals surface area contributed by atoms with Gasteiger partial charge in [-0.1, -0.05) is 53.5 Å². The third-order valence-electron chi connectivity index (χ3n) is 5.57. The van der Waals surface area contributed by atoms with Crippen molar-refractivity contribution in [2.45, 2.75) is 32.8 Å². The summed E-state index contributed by atoms with van der Waals surface area (Å²) in [6.07, 6.45) is 1.46. The van der Waals surface area contributed by atoms with E-state index in [4.69, 9.17) is 37.4 Å². The third-order valence-corrected chi connectivity index (χ3v) is 6.12. The van der Waals surface area contributed by atoms with E-state index in [1.807, 2.05) is 6.07 Å². The lowest BCUT2D eigenvalue weighted by molar-refractivity contribution is -0.162. The van der Waals surface area contributed by atoms with E-state index in [-0.39, 0.29) is 37.0 Å². The normalized spacial score (nSPS) is 11.6. The molecular formula is C28H27Cl2NO6. The minimum atomic E-state index is -1.33. The number of nitrogens with zero attached hydrogens (tertiary/aromatic N) is 1. The number of rotatable bonds is 12. The Morgan fingerprint density at radius 1 is 0.865 bits per heavy atom. The van der Waals surface area contributed by atoms with Crippen LogP contribution in [0.2, 0.25) is 10.2 Å². The van der Waals surface area contributed by atoms with Gasteiger partial charge in [0.05, 0.1) is 18.2 Å². The number of halogens is 2. The third kappa shape index (κ3) is 7.78. The molecule has 0 spiro atoms. The number of pyridine rings is 1. The molecule has 194 valence electrons. The number of carbonyl (C=O) groups is 3. The van der Waals surface area contributed by atoms with Crippen LogP contribution in [0.4, 0.5) is 0 Å². The predicted molar refractivity (Wildman–Crippen MR) is 140 cm³/mol. The minimum Gasteiger partial charge on any atom is -0.489 e. The molecule has 1 atom stereocenters. The SMILES string of the molecule is CCOC(=O)C(C(=O)OCC)C(CC(=O)c1ccccc1Cl)c1ccc(OCc2ccc(Cl)nc2)cc1. The van der Waals surface area contributed by atoms with Gasteiger partial charge in [0.2, 0.25) is 0 Å². The Kier molecular flexibility index (Phi) is 10.5. The Bertz CT molecular complexity index is 1200. The Hall–Kier alpha value is -3.42.